The lowest BCUT2D eigenvalue weighted by atomic mass is 9.84. The van der Waals surface area contributed by atoms with Crippen LogP contribution in [0.5, 0.6) is 0 Å². The first-order valence-corrected chi connectivity index (χ1v) is 5.82. The molecular weight excluding hydrogens is 215 g/mol. The highest BCUT2D eigenvalue weighted by Gasteiger charge is 2.35. The van der Waals surface area contributed by atoms with Crippen molar-refractivity contribution in [2.75, 3.05) is 6.54 Å². The maximum Gasteiger partial charge on any atom is 0.152 e. The van der Waals surface area contributed by atoms with Gasteiger partial charge in [0.05, 0.1) is 0 Å². The second kappa shape index (κ2) is 4.41. The van der Waals surface area contributed by atoms with Crippen LogP contribution < -0.4 is 5.73 Å². The zero-order valence-electron chi connectivity index (χ0n) is 10.2. The van der Waals surface area contributed by atoms with Gasteiger partial charge in [0, 0.05) is 29.9 Å². The topological polar surface area (TPSA) is 38.9 Å². The third kappa shape index (κ3) is 1.91. The molecule has 1 atom stereocenters. The first-order valence-electron chi connectivity index (χ1n) is 5.82. The average molecular weight is 232 g/mol. The number of alkyl halides is 1. The molecule has 2 nitrogen and oxygen atoms in total. The number of hydrogen-bond donors (Lipinski definition) is 1. The second-order valence-electron chi connectivity index (χ2n) is 4.63. The lowest BCUT2D eigenvalue weighted by Gasteiger charge is -2.29. The fourth-order valence-corrected chi connectivity index (χ4v) is 2.10. The zero-order chi connectivity index (χ0) is 12.5. The normalized spacial score (nSPS) is 15.1. The Bertz CT molecular complexity index is 519. The number of fused-ring (bicyclic) bond motifs is 1. The lowest BCUT2D eigenvalue weighted by Crippen LogP contribution is -2.36. The molecule has 0 amide bonds. The Balaban J connectivity index is 2.70. The van der Waals surface area contributed by atoms with Crippen molar-refractivity contribution >= 4 is 10.8 Å². The van der Waals surface area contributed by atoms with Crippen LogP contribution in [0.25, 0.3) is 10.8 Å². The summed E-state index contributed by atoms with van der Waals surface area (Å²) < 4.78 is 14.9. The summed E-state index contributed by atoms with van der Waals surface area (Å²) in [5, 5.41) is 1.84. The number of hydrogen-bond acceptors (Lipinski definition) is 2. The van der Waals surface area contributed by atoms with Crippen LogP contribution in [0.1, 0.15) is 19.4 Å². The molecule has 1 heterocycles. The summed E-state index contributed by atoms with van der Waals surface area (Å²) in [6.07, 6.45) is 3.34. The average Bonchev–Trinajstić information content (AvgIpc) is 2.37. The number of aromatic nitrogens is 1. The highest BCUT2D eigenvalue weighted by Crippen LogP contribution is 2.36. The van der Waals surface area contributed by atoms with Gasteiger partial charge in [-0.1, -0.05) is 38.1 Å². The Morgan fingerprint density at radius 3 is 2.65 bits per heavy atom. The van der Waals surface area contributed by atoms with Crippen molar-refractivity contribution in [2.24, 2.45) is 11.7 Å². The van der Waals surface area contributed by atoms with E-state index in [-0.39, 0.29) is 12.5 Å². The third-order valence-electron chi connectivity index (χ3n) is 3.33. The molecule has 0 fully saturated rings. The van der Waals surface area contributed by atoms with Gasteiger partial charge in [-0.05, 0) is 11.3 Å². The van der Waals surface area contributed by atoms with Crippen molar-refractivity contribution in [3.05, 3.63) is 42.2 Å². The molecule has 90 valence electrons. The predicted molar refractivity (Wildman–Crippen MR) is 68.4 cm³/mol. The minimum atomic E-state index is -1.52. The number of nitrogens with two attached hydrogens (primary N) is 1. The van der Waals surface area contributed by atoms with Gasteiger partial charge in [-0.2, -0.15) is 0 Å². The van der Waals surface area contributed by atoms with Gasteiger partial charge in [0.25, 0.3) is 0 Å². The predicted octanol–water partition coefficient (Wildman–Crippen LogP) is 3.01. The minimum absolute atomic E-state index is 0.0274. The summed E-state index contributed by atoms with van der Waals surface area (Å²) in [5.74, 6) is -0.180. The van der Waals surface area contributed by atoms with Crippen LogP contribution in [0.2, 0.25) is 0 Å². The van der Waals surface area contributed by atoms with E-state index < -0.39 is 5.67 Å². The van der Waals surface area contributed by atoms with Gasteiger partial charge in [-0.25, -0.2) is 4.39 Å². The van der Waals surface area contributed by atoms with E-state index >= 15 is 0 Å². The van der Waals surface area contributed by atoms with E-state index in [2.05, 4.69) is 4.98 Å². The number of pyridine rings is 1. The van der Waals surface area contributed by atoms with Crippen molar-refractivity contribution in [3.8, 4) is 0 Å². The molecule has 0 bridgehead atoms. The fourth-order valence-electron chi connectivity index (χ4n) is 2.10. The van der Waals surface area contributed by atoms with Gasteiger partial charge >= 0.3 is 0 Å². The molecular formula is C14H17FN2. The first kappa shape index (κ1) is 12.0. The van der Waals surface area contributed by atoms with Crippen LogP contribution in [0.4, 0.5) is 4.39 Å². The smallest absolute Gasteiger partial charge is 0.152 e. The summed E-state index contributed by atoms with van der Waals surface area (Å²) in [5.41, 5.74) is 4.70. The Labute approximate surface area is 101 Å². The second-order valence-corrected chi connectivity index (χ2v) is 4.63. The lowest BCUT2D eigenvalue weighted by molar-refractivity contribution is 0.111. The SMILES string of the molecule is CC(C)C(F)(CN)c1cncc2ccccc12. The third-order valence-corrected chi connectivity index (χ3v) is 3.33. The summed E-state index contributed by atoms with van der Waals surface area (Å²) in [6.45, 7) is 3.66. The largest absolute Gasteiger partial charge is 0.327 e. The highest BCUT2D eigenvalue weighted by atomic mass is 19.1. The van der Waals surface area contributed by atoms with Crippen LogP contribution in [0, 0.1) is 5.92 Å². The molecule has 0 spiro atoms. The molecule has 0 aliphatic rings. The molecule has 0 saturated carbocycles. The van der Waals surface area contributed by atoms with Gasteiger partial charge in [0.1, 0.15) is 0 Å². The van der Waals surface area contributed by atoms with E-state index in [4.69, 9.17) is 5.73 Å². The molecule has 3 heteroatoms. The number of benzene rings is 1. The van der Waals surface area contributed by atoms with Crippen LogP contribution in [0.15, 0.2) is 36.7 Å². The maximum absolute atomic E-state index is 14.9. The molecule has 2 N–H and O–H groups in total. The highest BCUT2D eigenvalue weighted by molar-refractivity contribution is 5.85. The molecule has 1 aromatic carbocycles. The van der Waals surface area contributed by atoms with Crippen LogP contribution in [-0.4, -0.2) is 11.5 Å². The van der Waals surface area contributed by atoms with E-state index in [0.29, 0.717) is 5.56 Å². The van der Waals surface area contributed by atoms with Gasteiger partial charge in [-0.15, -0.1) is 0 Å². The molecule has 0 radical (unpaired) electrons. The standard InChI is InChI=1S/C14H17FN2/c1-10(2)14(15,9-16)13-8-17-7-11-5-3-4-6-12(11)13/h3-8,10H,9,16H2,1-2H3. The van der Waals surface area contributed by atoms with Crippen molar-refractivity contribution in [2.45, 2.75) is 19.5 Å². The van der Waals surface area contributed by atoms with Gasteiger partial charge < -0.3 is 5.73 Å². The monoisotopic (exact) mass is 232 g/mol. The fraction of sp³-hybridized carbons (Fsp3) is 0.357. The van der Waals surface area contributed by atoms with Crippen LogP contribution in [0.3, 0.4) is 0 Å². The maximum atomic E-state index is 14.9. The van der Waals surface area contributed by atoms with Gasteiger partial charge in [0.15, 0.2) is 5.67 Å². The Morgan fingerprint density at radius 1 is 1.29 bits per heavy atom. The van der Waals surface area contributed by atoms with Crippen molar-refractivity contribution < 1.29 is 4.39 Å². The summed E-state index contributed by atoms with van der Waals surface area (Å²) >= 11 is 0. The molecule has 0 saturated heterocycles. The molecule has 1 aromatic heterocycles. The molecule has 0 aliphatic carbocycles. The summed E-state index contributed by atoms with van der Waals surface area (Å²) in [7, 11) is 0. The van der Waals surface area contributed by atoms with Crippen LogP contribution in [-0.2, 0) is 5.67 Å². The Hall–Kier alpha value is -1.48. The minimum Gasteiger partial charge on any atom is -0.327 e. The van der Waals surface area contributed by atoms with Crippen molar-refractivity contribution in [3.63, 3.8) is 0 Å². The first-order chi connectivity index (χ1) is 8.09. The number of rotatable bonds is 3. The Kier molecular flexibility index (Phi) is 3.11. The summed E-state index contributed by atoms with van der Waals surface area (Å²) in [6, 6.07) is 7.68. The summed E-state index contributed by atoms with van der Waals surface area (Å²) in [4.78, 5) is 4.11. The molecule has 1 unspecified atom stereocenters. The van der Waals surface area contributed by atoms with Gasteiger partial charge in [-0.3, -0.25) is 4.98 Å². The van der Waals surface area contributed by atoms with Crippen molar-refractivity contribution in [1.82, 2.24) is 4.98 Å². The van der Waals surface area contributed by atoms with Crippen molar-refractivity contribution in [1.29, 1.82) is 0 Å². The van der Waals surface area contributed by atoms with Crippen LogP contribution >= 0.6 is 0 Å². The van der Waals surface area contributed by atoms with E-state index in [1.807, 2.05) is 38.1 Å². The number of nitrogens with zero attached hydrogens (tertiary/aromatic N) is 1. The van der Waals surface area contributed by atoms with E-state index in [9.17, 15) is 4.39 Å². The zero-order valence-corrected chi connectivity index (χ0v) is 10.2. The van der Waals surface area contributed by atoms with Gasteiger partial charge in [0.2, 0.25) is 0 Å². The van der Waals surface area contributed by atoms with E-state index in [1.54, 1.807) is 12.4 Å². The molecule has 2 rings (SSSR count). The van der Waals surface area contributed by atoms with E-state index in [0.717, 1.165) is 10.8 Å². The Morgan fingerprint density at radius 2 is 2.00 bits per heavy atom. The molecule has 2 aromatic rings. The number of halogens is 1. The molecule has 17 heavy (non-hydrogen) atoms. The molecule has 0 aliphatic heterocycles. The quantitative estimate of drug-likeness (QED) is 0.883. The van der Waals surface area contributed by atoms with E-state index in [1.165, 1.54) is 0 Å².